The molecule has 2 nitrogen and oxygen atoms in total. The maximum absolute atomic E-state index is 12.6. The molecule has 1 heterocycles. The number of aromatic nitrogens is 2. The first-order valence-corrected chi connectivity index (χ1v) is 5.53. The Kier molecular flexibility index (Phi) is 1.71. The first-order valence-electron chi connectivity index (χ1n) is 5.15. The highest BCUT2D eigenvalue weighted by molar-refractivity contribution is 6.29. The van der Waals surface area contributed by atoms with Crippen molar-refractivity contribution in [2.45, 2.75) is 31.6 Å². The summed E-state index contributed by atoms with van der Waals surface area (Å²) < 4.78 is 12.6. The molecule has 0 saturated heterocycles. The van der Waals surface area contributed by atoms with Crippen LogP contribution in [-0.2, 0) is 5.41 Å². The predicted molar refractivity (Wildman–Crippen MR) is 55.7 cm³/mol. The topological polar surface area (TPSA) is 25.8 Å². The quantitative estimate of drug-likeness (QED) is 0.725. The molecule has 0 aromatic carbocycles. The van der Waals surface area contributed by atoms with Crippen LogP contribution in [-0.4, -0.2) is 16.6 Å². The molecular formula is C11H12ClFN2. The third kappa shape index (κ3) is 1.16. The average Bonchev–Trinajstić information content (AvgIpc) is 1.97. The Labute approximate surface area is 92.9 Å². The molecule has 0 aliphatic heterocycles. The van der Waals surface area contributed by atoms with Crippen molar-refractivity contribution >= 4 is 11.6 Å². The summed E-state index contributed by atoms with van der Waals surface area (Å²) in [7, 11) is 0. The van der Waals surface area contributed by atoms with Crippen molar-refractivity contribution in [1.82, 2.24) is 9.97 Å². The van der Waals surface area contributed by atoms with Gasteiger partial charge in [0.1, 0.15) is 11.0 Å². The number of aryl methyl sites for hydroxylation is 1. The van der Waals surface area contributed by atoms with Crippen molar-refractivity contribution in [3.05, 3.63) is 22.7 Å². The maximum atomic E-state index is 12.6. The smallest absolute Gasteiger partial charge is 0.133 e. The monoisotopic (exact) mass is 226 g/mol. The zero-order chi connectivity index (χ0) is 10.7. The van der Waals surface area contributed by atoms with Crippen LogP contribution in [0, 0.1) is 12.3 Å². The van der Waals surface area contributed by atoms with E-state index >= 15 is 0 Å². The Morgan fingerprint density at radius 2 is 2.07 bits per heavy atom. The van der Waals surface area contributed by atoms with Crippen LogP contribution in [0.3, 0.4) is 0 Å². The SMILES string of the molecule is Cc1nc(Cl)cc(C23CC(CF)(C2)C3)n1. The lowest BCUT2D eigenvalue weighted by molar-refractivity contribution is -0.155. The standard InChI is InChI=1S/C11H12ClFN2/c1-7-14-8(2-9(12)15-7)11-3-10(4-11,5-11)6-13/h2H,3-6H2,1H3. The minimum atomic E-state index is -0.188. The molecule has 1 aromatic rings. The van der Waals surface area contributed by atoms with E-state index in [-0.39, 0.29) is 17.5 Å². The van der Waals surface area contributed by atoms with Gasteiger partial charge in [0.05, 0.1) is 12.4 Å². The molecule has 15 heavy (non-hydrogen) atoms. The Morgan fingerprint density at radius 3 is 2.60 bits per heavy atom. The molecule has 4 heteroatoms. The summed E-state index contributed by atoms with van der Waals surface area (Å²) >= 11 is 5.90. The first-order chi connectivity index (χ1) is 7.07. The van der Waals surface area contributed by atoms with Crippen molar-refractivity contribution in [3.63, 3.8) is 0 Å². The number of alkyl halides is 1. The average molecular weight is 227 g/mol. The van der Waals surface area contributed by atoms with Gasteiger partial charge in [-0.05, 0) is 32.3 Å². The lowest BCUT2D eigenvalue weighted by Crippen LogP contribution is -2.65. The van der Waals surface area contributed by atoms with Crippen molar-refractivity contribution < 1.29 is 4.39 Å². The van der Waals surface area contributed by atoms with Gasteiger partial charge in [0.25, 0.3) is 0 Å². The van der Waals surface area contributed by atoms with Crippen LogP contribution in [0.5, 0.6) is 0 Å². The van der Waals surface area contributed by atoms with Crippen LogP contribution < -0.4 is 0 Å². The molecule has 0 N–H and O–H groups in total. The molecule has 1 aromatic heterocycles. The van der Waals surface area contributed by atoms with Crippen LogP contribution in [0.1, 0.15) is 30.8 Å². The third-order valence-corrected chi connectivity index (χ3v) is 3.97. The van der Waals surface area contributed by atoms with E-state index in [9.17, 15) is 4.39 Å². The van der Waals surface area contributed by atoms with E-state index in [4.69, 9.17) is 11.6 Å². The van der Waals surface area contributed by atoms with Crippen LogP contribution in [0.4, 0.5) is 4.39 Å². The van der Waals surface area contributed by atoms with Gasteiger partial charge in [-0.1, -0.05) is 11.6 Å². The maximum Gasteiger partial charge on any atom is 0.133 e. The minimum Gasteiger partial charge on any atom is -0.250 e. The van der Waals surface area contributed by atoms with Crippen molar-refractivity contribution in [2.24, 2.45) is 5.41 Å². The van der Waals surface area contributed by atoms with Gasteiger partial charge in [0, 0.05) is 10.8 Å². The van der Waals surface area contributed by atoms with Gasteiger partial charge in [-0.3, -0.25) is 4.39 Å². The van der Waals surface area contributed by atoms with Gasteiger partial charge in [-0.2, -0.15) is 0 Å². The Bertz CT molecular complexity index is 393. The van der Waals surface area contributed by atoms with E-state index < -0.39 is 0 Å². The zero-order valence-electron chi connectivity index (χ0n) is 8.56. The highest BCUT2D eigenvalue weighted by Crippen LogP contribution is 2.73. The molecule has 0 amide bonds. The highest BCUT2D eigenvalue weighted by atomic mass is 35.5. The van der Waals surface area contributed by atoms with Gasteiger partial charge >= 0.3 is 0 Å². The molecule has 3 aliphatic rings. The number of hydrogen-bond donors (Lipinski definition) is 0. The Morgan fingerprint density at radius 1 is 1.40 bits per heavy atom. The molecule has 4 rings (SSSR count). The summed E-state index contributed by atoms with van der Waals surface area (Å²) in [5.74, 6) is 0.705. The number of hydrogen-bond acceptors (Lipinski definition) is 2. The fourth-order valence-electron chi connectivity index (χ4n) is 3.21. The number of halogens is 2. The summed E-state index contributed by atoms with van der Waals surface area (Å²) in [6.07, 6.45) is 2.80. The molecular weight excluding hydrogens is 215 g/mol. The van der Waals surface area contributed by atoms with Gasteiger partial charge < -0.3 is 0 Å². The minimum absolute atomic E-state index is 0.00860. The van der Waals surface area contributed by atoms with Gasteiger partial charge in [-0.25, -0.2) is 9.97 Å². The van der Waals surface area contributed by atoms with Crippen LogP contribution >= 0.6 is 11.6 Å². The van der Waals surface area contributed by atoms with E-state index in [2.05, 4.69) is 9.97 Å². The van der Waals surface area contributed by atoms with Crippen LogP contribution in [0.15, 0.2) is 6.07 Å². The van der Waals surface area contributed by atoms with E-state index in [1.807, 2.05) is 13.0 Å². The first kappa shape index (κ1) is 9.52. The molecule has 3 aliphatic carbocycles. The Balaban J connectivity index is 1.90. The Hall–Kier alpha value is -0.700. The second-order valence-corrected chi connectivity index (χ2v) is 5.45. The predicted octanol–water partition coefficient (Wildman–Crippen LogP) is 2.83. The van der Waals surface area contributed by atoms with Crippen molar-refractivity contribution in [1.29, 1.82) is 0 Å². The fourth-order valence-corrected chi connectivity index (χ4v) is 3.44. The molecule has 3 fully saturated rings. The van der Waals surface area contributed by atoms with Crippen LogP contribution in [0.25, 0.3) is 0 Å². The summed E-state index contributed by atoms with van der Waals surface area (Å²) in [5, 5.41) is 0.497. The van der Waals surface area contributed by atoms with E-state index in [1.54, 1.807) is 0 Å². The van der Waals surface area contributed by atoms with Crippen LogP contribution in [0.2, 0.25) is 5.15 Å². The largest absolute Gasteiger partial charge is 0.250 e. The molecule has 0 atom stereocenters. The molecule has 0 spiro atoms. The fraction of sp³-hybridized carbons (Fsp3) is 0.636. The molecule has 0 unspecified atom stereocenters. The molecule has 80 valence electrons. The zero-order valence-corrected chi connectivity index (χ0v) is 9.31. The van der Waals surface area contributed by atoms with Gasteiger partial charge in [0.15, 0.2) is 0 Å². The van der Waals surface area contributed by atoms with Gasteiger partial charge in [0.2, 0.25) is 0 Å². The second-order valence-electron chi connectivity index (χ2n) is 5.07. The summed E-state index contributed by atoms with van der Waals surface area (Å²) in [5.41, 5.74) is 1.13. The normalized spacial score (nSPS) is 37.0. The third-order valence-electron chi connectivity index (χ3n) is 3.77. The van der Waals surface area contributed by atoms with E-state index in [1.165, 1.54) is 0 Å². The van der Waals surface area contributed by atoms with Gasteiger partial charge in [-0.15, -0.1) is 0 Å². The molecule has 3 saturated carbocycles. The van der Waals surface area contributed by atoms with Crippen molar-refractivity contribution in [3.8, 4) is 0 Å². The number of rotatable bonds is 2. The van der Waals surface area contributed by atoms with Crippen molar-refractivity contribution in [2.75, 3.05) is 6.67 Å². The van der Waals surface area contributed by atoms with E-state index in [0.29, 0.717) is 11.0 Å². The lowest BCUT2D eigenvalue weighted by atomic mass is 9.34. The number of nitrogens with zero attached hydrogens (tertiary/aromatic N) is 2. The van der Waals surface area contributed by atoms with E-state index in [0.717, 1.165) is 25.0 Å². The highest BCUT2D eigenvalue weighted by Gasteiger charge is 2.69. The summed E-state index contributed by atoms with van der Waals surface area (Å²) in [6, 6.07) is 1.83. The summed E-state index contributed by atoms with van der Waals surface area (Å²) in [4.78, 5) is 8.45. The molecule has 2 bridgehead atoms. The lowest BCUT2D eigenvalue weighted by Gasteiger charge is -2.69. The summed E-state index contributed by atoms with van der Waals surface area (Å²) in [6.45, 7) is 1.65. The second kappa shape index (κ2) is 2.70. The molecule has 0 radical (unpaired) electrons.